The van der Waals surface area contributed by atoms with Crippen LogP contribution in [0.1, 0.15) is 50.5 Å². The molecule has 1 N–H and O–H groups in total. The van der Waals surface area contributed by atoms with E-state index < -0.39 is 11.6 Å². The van der Waals surface area contributed by atoms with Gasteiger partial charge in [0.1, 0.15) is 0 Å². The van der Waals surface area contributed by atoms with Gasteiger partial charge in [-0.2, -0.15) is 0 Å². The van der Waals surface area contributed by atoms with Crippen molar-refractivity contribution >= 4 is 0 Å². The first-order valence-corrected chi connectivity index (χ1v) is 8.63. The normalized spacial score (nSPS) is 24.5. The minimum atomic E-state index is -0.765. The first kappa shape index (κ1) is 15.9. The van der Waals surface area contributed by atoms with E-state index in [0.717, 1.165) is 18.7 Å². The van der Waals surface area contributed by atoms with Gasteiger partial charge in [0.05, 0.1) is 0 Å². The first-order chi connectivity index (χ1) is 10.7. The fourth-order valence-electron chi connectivity index (χ4n) is 3.83. The van der Waals surface area contributed by atoms with Gasteiger partial charge in [-0.05, 0) is 49.9 Å². The smallest absolute Gasteiger partial charge is 0.159 e. The zero-order valence-electron chi connectivity index (χ0n) is 13.2. The summed E-state index contributed by atoms with van der Waals surface area (Å²) in [7, 11) is 0. The number of hydrogen-bond donors (Lipinski definition) is 1. The van der Waals surface area contributed by atoms with Gasteiger partial charge in [0, 0.05) is 25.2 Å². The summed E-state index contributed by atoms with van der Waals surface area (Å²) >= 11 is 0. The Bertz CT molecular complexity index is 486. The van der Waals surface area contributed by atoms with Gasteiger partial charge < -0.3 is 5.32 Å². The lowest BCUT2D eigenvalue weighted by Gasteiger charge is -2.36. The third-order valence-corrected chi connectivity index (χ3v) is 4.97. The molecule has 1 heterocycles. The quantitative estimate of drug-likeness (QED) is 0.909. The average molecular weight is 308 g/mol. The summed E-state index contributed by atoms with van der Waals surface area (Å²) in [6, 6.07) is 5.47. The molecule has 0 spiro atoms. The zero-order valence-corrected chi connectivity index (χ0v) is 13.2. The molecule has 1 aliphatic heterocycles. The number of nitrogens with zero attached hydrogens (tertiary/aromatic N) is 1. The highest BCUT2D eigenvalue weighted by atomic mass is 19.2. The van der Waals surface area contributed by atoms with Gasteiger partial charge in [0.2, 0.25) is 0 Å². The Kier molecular flexibility index (Phi) is 5.42. The maximum Gasteiger partial charge on any atom is 0.159 e. The highest BCUT2D eigenvalue weighted by Crippen LogP contribution is 2.21. The van der Waals surface area contributed by atoms with Crippen molar-refractivity contribution in [3.05, 3.63) is 35.4 Å². The summed E-state index contributed by atoms with van der Waals surface area (Å²) < 4.78 is 26.3. The van der Waals surface area contributed by atoms with Gasteiger partial charge in [0.25, 0.3) is 0 Å². The molecule has 0 amide bonds. The van der Waals surface area contributed by atoms with Crippen LogP contribution in [-0.2, 0) is 6.54 Å². The lowest BCUT2D eigenvalue weighted by Crippen LogP contribution is -2.49. The molecule has 3 rings (SSSR count). The van der Waals surface area contributed by atoms with Crippen LogP contribution in [0, 0.1) is 11.6 Å². The van der Waals surface area contributed by atoms with Crippen LogP contribution in [-0.4, -0.2) is 30.1 Å². The van der Waals surface area contributed by atoms with Gasteiger partial charge in [-0.3, -0.25) is 4.90 Å². The largest absolute Gasteiger partial charge is 0.310 e. The van der Waals surface area contributed by atoms with E-state index in [0.29, 0.717) is 18.6 Å². The van der Waals surface area contributed by atoms with E-state index in [-0.39, 0.29) is 0 Å². The zero-order chi connectivity index (χ0) is 15.4. The number of rotatable bonds is 4. The summed E-state index contributed by atoms with van der Waals surface area (Å²) in [6.07, 6.45) is 9.09. The van der Waals surface area contributed by atoms with Crippen LogP contribution in [0.5, 0.6) is 0 Å². The van der Waals surface area contributed by atoms with Gasteiger partial charge >= 0.3 is 0 Å². The number of likely N-dealkylation sites (tertiary alicyclic amines) is 1. The first-order valence-electron chi connectivity index (χ1n) is 8.63. The molecule has 4 heteroatoms. The Balaban J connectivity index is 1.52. The molecular formula is C18H26F2N2. The Morgan fingerprint density at radius 3 is 2.50 bits per heavy atom. The second-order valence-corrected chi connectivity index (χ2v) is 6.82. The molecule has 1 unspecified atom stereocenters. The van der Waals surface area contributed by atoms with Crippen LogP contribution in [0.2, 0.25) is 0 Å². The summed E-state index contributed by atoms with van der Waals surface area (Å²) in [4.78, 5) is 2.36. The average Bonchev–Trinajstić information content (AvgIpc) is 2.52. The van der Waals surface area contributed by atoms with Crippen molar-refractivity contribution in [3.8, 4) is 0 Å². The molecule has 22 heavy (non-hydrogen) atoms. The lowest BCUT2D eigenvalue weighted by atomic mass is 9.93. The van der Waals surface area contributed by atoms with E-state index in [9.17, 15) is 8.78 Å². The highest BCUT2D eigenvalue weighted by Gasteiger charge is 2.23. The number of hydrogen-bond acceptors (Lipinski definition) is 2. The van der Waals surface area contributed by atoms with E-state index in [2.05, 4.69) is 10.2 Å². The highest BCUT2D eigenvalue weighted by molar-refractivity contribution is 5.17. The van der Waals surface area contributed by atoms with Crippen molar-refractivity contribution < 1.29 is 8.78 Å². The third kappa shape index (κ3) is 4.26. The molecule has 2 nitrogen and oxygen atoms in total. The summed E-state index contributed by atoms with van der Waals surface area (Å²) in [5, 5.41) is 3.82. The topological polar surface area (TPSA) is 15.3 Å². The van der Waals surface area contributed by atoms with Crippen LogP contribution in [0.4, 0.5) is 8.78 Å². The second kappa shape index (κ2) is 7.51. The molecule has 0 radical (unpaired) electrons. The van der Waals surface area contributed by atoms with Gasteiger partial charge in [-0.15, -0.1) is 0 Å². The Morgan fingerprint density at radius 1 is 0.955 bits per heavy atom. The van der Waals surface area contributed by atoms with E-state index >= 15 is 0 Å². The van der Waals surface area contributed by atoms with Crippen LogP contribution < -0.4 is 5.32 Å². The molecule has 0 aromatic heterocycles. The molecule has 2 fully saturated rings. The molecular weight excluding hydrogens is 282 g/mol. The van der Waals surface area contributed by atoms with Gasteiger partial charge in [-0.25, -0.2) is 8.78 Å². The van der Waals surface area contributed by atoms with Gasteiger partial charge in [0.15, 0.2) is 11.6 Å². The van der Waals surface area contributed by atoms with Crippen LogP contribution >= 0.6 is 0 Å². The molecule has 1 aromatic carbocycles. The number of nitrogens with one attached hydrogen (secondary N) is 1. The fraction of sp³-hybridized carbons (Fsp3) is 0.667. The minimum absolute atomic E-state index is 0.544. The molecule has 1 atom stereocenters. The molecule has 122 valence electrons. The Labute approximate surface area is 131 Å². The predicted octanol–water partition coefficient (Wildman–Crippen LogP) is 3.85. The minimum Gasteiger partial charge on any atom is -0.310 e. The standard InChI is InChI=1S/C18H26F2N2/c19-17-9-8-14(11-18(17)20)12-22-10-4-7-16(13-22)21-15-5-2-1-3-6-15/h8-9,11,15-16,21H,1-7,10,12-13H2. The molecule has 2 aliphatic rings. The molecule has 0 bridgehead atoms. The lowest BCUT2D eigenvalue weighted by molar-refractivity contribution is 0.169. The predicted molar refractivity (Wildman–Crippen MR) is 84.7 cm³/mol. The molecule has 1 saturated heterocycles. The second-order valence-electron chi connectivity index (χ2n) is 6.82. The maximum atomic E-state index is 13.3. The van der Waals surface area contributed by atoms with Gasteiger partial charge in [-0.1, -0.05) is 25.3 Å². The van der Waals surface area contributed by atoms with Crippen molar-refractivity contribution in [1.29, 1.82) is 0 Å². The summed E-state index contributed by atoms with van der Waals surface area (Å²) in [5.41, 5.74) is 0.859. The van der Waals surface area contributed by atoms with Crippen molar-refractivity contribution in [2.45, 2.75) is 63.6 Å². The monoisotopic (exact) mass is 308 g/mol. The number of halogens is 2. The number of benzene rings is 1. The molecule has 1 aliphatic carbocycles. The summed E-state index contributed by atoms with van der Waals surface area (Å²) in [5.74, 6) is -1.51. The third-order valence-electron chi connectivity index (χ3n) is 4.97. The van der Waals surface area contributed by atoms with Crippen molar-refractivity contribution in [1.82, 2.24) is 10.2 Å². The SMILES string of the molecule is Fc1ccc(CN2CCCC(NC3CCCCC3)C2)cc1F. The number of piperidine rings is 1. The van der Waals surface area contributed by atoms with E-state index in [4.69, 9.17) is 0 Å². The van der Waals surface area contributed by atoms with Crippen LogP contribution in [0.15, 0.2) is 18.2 Å². The molecule has 1 aromatic rings. The summed E-state index contributed by atoms with van der Waals surface area (Å²) in [6.45, 7) is 2.76. The van der Waals surface area contributed by atoms with E-state index in [1.807, 2.05) is 0 Å². The fourth-order valence-corrected chi connectivity index (χ4v) is 3.83. The van der Waals surface area contributed by atoms with Crippen LogP contribution in [0.25, 0.3) is 0 Å². The van der Waals surface area contributed by atoms with E-state index in [1.165, 1.54) is 57.1 Å². The Hall–Kier alpha value is -1.00. The Morgan fingerprint density at radius 2 is 1.73 bits per heavy atom. The van der Waals surface area contributed by atoms with Crippen molar-refractivity contribution in [3.63, 3.8) is 0 Å². The molecule has 1 saturated carbocycles. The van der Waals surface area contributed by atoms with Crippen molar-refractivity contribution in [2.24, 2.45) is 0 Å². The van der Waals surface area contributed by atoms with Crippen molar-refractivity contribution in [2.75, 3.05) is 13.1 Å². The van der Waals surface area contributed by atoms with Crippen LogP contribution in [0.3, 0.4) is 0 Å². The van der Waals surface area contributed by atoms with E-state index in [1.54, 1.807) is 6.07 Å². The maximum absolute atomic E-state index is 13.3.